The zero-order valence-electron chi connectivity index (χ0n) is 21.2. The van der Waals surface area contributed by atoms with Crippen molar-refractivity contribution in [2.75, 3.05) is 12.4 Å². The summed E-state index contributed by atoms with van der Waals surface area (Å²) in [6.45, 7) is 0.322. The Balaban J connectivity index is 2.39. The summed E-state index contributed by atoms with van der Waals surface area (Å²) in [7, 11) is 1.05. The molecule has 0 spiro atoms. The minimum absolute atomic E-state index is 0.0696. The van der Waals surface area contributed by atoms with Crippen LogP contribution in [0.15, 0.2) is 24.3 Å². The van der Waals surface area contributed by atoms with Gasteiger partial charge in [-0.2, -0.15) is 0 Å². The summed E-state index contributed by atoms with van der Waals surface area (Å²) in [5, 5.41) is 2.21. The molecule has 1 aromatic rings. The first-order valence-electron chi connectivity index (χ1n) is 11.1. The highest BCUT2D eigenvalue weighted by Gasteiger charge is 2.55. The van der Waals surface area contributed by atoms with Gasteiger partial charge in [0.15, 0.2) is 18.3 Å². The molecule has 1 heterocycles. The van der Waals surface area contributed by atoms with Gasteiger partial charge in [-0.05, 0) is 24.3 Å². The SMILES string of the molecule is [2H]C([2H])([2H])C(=O)Nc1ccc(OC2OC(C(=O)OC)C(OC(C)=O)C(OC(C)=O)C2OC(C)=O)cc1. The number of hydrogen-bond acceptors (Lipinski definition) is 11. The maximum absolute atomic E-state index is 12.4. The highest BCUT2D eigenvalue weighted by atomic mass is 16.7. The van der Waals surface area contributed by atoms with Gasteiger partial charge in [0.2, 0.25) is 18.3 Å². The van der Waals surface area contributed by atoms with E-state index >= 15 is 0 Å². The number of rotatable bonds is 7. The van der Waals surface area contributed by atoms with Gasteiger partial charge in [0, 0.05) is 37.4 Å². The maximum Gasteiger partial charge on any atom is 0.339 e. The summed E-state index contributed by atoms with van der Waals surface area (Å²) >= 11 is 0. The van der Waals surface area contributed by atoms with Gasteiger partial charge in [0.25, 0.3) is 0 Å². The zero-order valence-corrected chi connectivity index (χ0v) is 18.2. The van der Waals surface area contributed by atoms with Crippen molar-refractivity contribution in [3.05, 3.63) is 24.3 Å². The number of amides is 1. The fraction of sp³-hybridized carbons (Fsp3) is 0.476. The molecule has 180 valence electrons. The predicted octanol–water partition coefficient (Wildman–Crippen LogP) is 0.717. The van der Waals surface area contributed by atoms with Crippen molar-refractivity contribution in [3.8, 4) is 5.75 Å². The van der Waals surface area contributed by atoms with Gasteiger partial charge in [-0.25, -0.2) is 4.79 Å². The Morgan fingerprint density at radius 2 is 1.42 bits per heavy atom. The molecule has 5 atom stereocenters. The Bertz CT molecular complexity index is 996. The fourth-order valence-corrected chi connectivity index (χ4v) is 3.06. The maximum atomic E-state index is 12.4. The highest BCUT2D eigenvalue weighted by Crippen LogP contribution is 2.31. The van der Waals surface area contributed by atoms with Gasteiger partial charge in [0.1, 0.15) is 5.75 Å². The molecule has 0 saturated carbocycles. The van der Waals surface area contributed by atoms with Crippen molar-refractivity contribution in [3.63, 3.8) is 0 Å². The lowest BCUT2D eigenvalue weighted by Crippen LogP contribution is -2.64. The molecule has 0 bridgehead atoms. The summed E-state index contributed by atoms with van der Waals surface area (Å²) in [4.78, 5) is 59.4. The second kappa shape index (κ2) is 11.3. The lowest BCUT2D eigenvalue weighted by Gasteiger charge is -2.43. The first-order chi connectivity index (χ1) is 16.7. The van der Waals surface area contributed by atoms with Crippen LogP contribution in [-0.4, -0.2) is 67.6 Å². The molecule has 0 aliphatic carbocycles. The molecule has 1 aromatic carbocycles. The number of carbonyl (C=O) groups excluding carboxylic acids is 5. The van der Waals surface area contributed by atoms with Crippen LogP contribution < -0.4 is 10.1 Å². The number of ether oxygens (including phenoxy) is 6. The Hall–Kier alpha value is -3.67. The number of carbonyl (C=O) groups is 5. The number of nitrogens with one attached hydrogen (secondary N) is 1. The Labute approximate surface area is 193 Å². The Morgan fingerprint density at radius 3 is 1.94 bits per heavy atom. The molecular formula is C21H25NO11. The van der Waals surface area contributed by atoms with Gasteiger partial charge in [-0.1, -0.05) is 0 Å². The molecule has 0 radical (unpaired) electrons. The molecule has 1 saturated heterocycles. The van der Waals surface area contributed by atoms with Crippen LogP contribution in [0.2, 0.25) is 0 Å². The predicted molar refractivity (Wildman–Crippen MR) is 109 cm³/mol. The van der Waals surface area contributed by atoms with E-state index in [1.165, 1.54) is 24.3 Å². The third-order valence-corrected chi connectivity index (χ3v) is 4.20. The molecule has 12 heteroatoms. The molecule has 1 aliphatic rings. The molecule has 1 aliphatic heterocycles. The summed E-state index contributed by atoms with van der Waals surface area (Å²) in [6, 6.07) is 5.31. The van der Waals surface area contributed by atoms with E-state index in [0.717, 1.165) is 27.9 Å². The fourth-order valence-electron chi connectivity index (χ4n) is 3.06. The van der Waals surface area contributed by atoms with Gasteiger partial charge < -0.3 is 33.7 Å². The Morgan fingerprint density at radius 1 is 0.879 bits per heavy atom. The van der Waals surface area contributed by atoms with E-state index in [1.54, 1.807) is 0 Å². The van der Waals surface area contributed by atoms with Crippen LogP contribution in [-0.2, 0) is 47.7 Å². The van der Waals surface area contributed by atoms with E-state index in [1.807, 2.05) is 0 Å². The molecule has 0 aromatic heterocycles. The van der Waals surface area contributed by atoms with Gasteiger partial charge >= 0.3 is 23.9 Å². The van der Waals surface area contributed by atoms with Gasteiger partial charge in [-0.3, -0.25) is 19.2 Å². The normalized spacial score (nSPS) is 25.8. The first kappa shape index (κ1) is 21.2. The monoisotopic (exact) mass is 470 g/mol. The average Bonchev–Trinajstić information content (AvgIpc) is 2.76. The van der Waals surface area contributed by atoms with E-state index < -0.39 is 67.3 Å². The molecule has 5 unspecified atom stereocenters. The summed E-state index contributed by atoms with van der Waals surface area (Å²) in [6.07, 6.45) is -7.74. The van der Waals surface area contributed by atoms with E-state index in [4.69, 9.17) is 32.5 Å². The van der Waals surface area contributed by atoms with Crippen LogP contribution in [0.5, 0.6) is 5.75 Å². The minimum Gasteiger partial charge on any atom is -0.467 e. The van der Waals surface area contributed by atoms with Crippen LogP contribution in [0, 0.1) is 0 Å². The third-order valence-electron chi connectivity index (χ3n) is 4.20. The molecule has 1 amide bonds. The van der Waals surface area contributed by atoms with Crippen LogP contribution in [0.3, 0.4) is 0 Å². The molecule has 33 heavy (non-hydrogen) atoms. The molecular weight excluding hydrogens is 442 g/mol. The second-order valence-electron chi connectivity index (χ2n) is 6.77. The highest BCUT2D eigenvalue weighted by molar-refractivity contribution is 5.88. The lowest BCUT2D eigenvalue weighted by molar-refractivity contribution is -0.282. The summed E-state index contributed by atoms with van der Waals surface area (Å²) < 4.78 is 53.0. The van der Waals surface area contributed by atoms with Crippen molar-refractivity contribution in [1.29, 1.82) is 0 Å². The number of esters is 4. The van der Waals surface area contributed by atoms with Gasteiger partial charge in [0.05, 0.1) is 7.11 Å². The standard InChI is InChI=1S/C21H25NO11/c1-10(23)22-14-6-8-15(9-7-14)32-21-19(31-13(4)26)17(30-12(3)25)16(29-11(2)24)18(33-21)20(27)28-5/h6-9,16-19,21H,1-5H3,(H,22,23)/i1D3. The number of methoxy groups -OCH3 is 1. The Kier molecular flexibility index (Phi) is 7.24. The summed E-state index contributed by atoms with van der Waals surface area (Å²) in [5.74, 6) is -4.62. The first-order valence-corrected chi connectivity index (χ1v) is 9.56. The zero-order chi connectivity index (χ0) is 27.2. The largest absolute Gasteiger partial charge is 0.467 e. The number of anilines is 1. The third kappa shape index (κ3) is 7.17. The average molecular weight is 470 g/mol. The van der Waals surface area contributed by atoms with Crippen LogP contribution in [0.25, 0.3) is 0 Å². The van der Waals surface area contributed by atoms with E-state index in [9.17, 15) is 24.0 Å². The van der Waals surface area contributed by atoms with Crippen molar-refractivity contribution < 1.29 is 56.5 Å². The van der Waals surface area contributed by atoms with E-state index in [2.05, 4.69) is 5.32 Å². The van der Waals surface area contributed by atoms with E-state index in [0.29, 0.717) is 0 Å². The summed E-state index contributed by atoms with van der Waals surface area (Å²) in [5.41, 5.74) is 0.143. The van der Waals surface area contributed by atoms with Gasteiger partial charge in [-0.15, -0.1) is 0 Å². The molecule has 12 nitrogen and oxygen atoms in total. The van der Waals surface area contributed by atoms with Crippen LogP contribution >= 0.6 is 0 Å². The van der Waals surface area contributed by atoms with Crippen molar-refractivity contribution in [2.24, 2.45) is 0 Å². The number of benzene rings is 1. The smallest absolute Gasteiger partial charge is 0.339 e. The number of hydrogen-bond donors (Lipinski definition) is 1. The molecule has 1 N–H and O–H groups in total. The second-order valence-corrected chi connectivity index (χ2v) is 6.77. The molecule has 2 rings (SSSR count). The van der Waals surface area contributed by atoms with Crippen LogP contribution in [0.1, 0.15) is 31.7 Å². The topological polar surface area (TPSA) is 153 Å². The van der Waals surface area contributed by atoms with E-state index in [-0.39, 0.29) is 11.4 Å². The quantitative estimate of drug-likeness (QED) is 0.443. The van der Waals surface area contributed by atoms with Crippen LogP contribution in [0.4, 0.5) is 5.69 Å². The van der Waals surface area contributed by atoms with Crippen molar-refractivity contribution >= 4 is 35.5 Å². The minimum atomic E-state index is -2.85. The van der Waals surface area contributed by atoms with Crippen molar-refractivity contribution in [2.45, 2.75) is 58.3 Å². The molecule has 1 fully saturated rings. The lowest BCUT2D eigenvalue weighted by atomic mass is 9.97. The van der Waals surface area contributed by atoms with Crippen molar-refractivity contribution in [1.82, 2.24) is 0 Å².